The second-order valence-electron chi connectivity index (χ2n) is 8.67. The molecule has 0 spiro atoms. The minimum absolute atomic E-state index is 0.0668. The first-order valence-electron chi connectivity index (χ1n) is 11.1. The van der Waals surface area contributed by atoms with Crippen LogP contribution in [-0.2, 0) is 12.1 Å². The van der Waals surface area contributed by atoms with Crippen molar-refractivity contribution in [1.82, 2.24) is 34.6 Å². The number of fused-ring (bicyclic) bond motifs is 1. The number of nitrogens with zero attached hydrogens (tertiary/aromatic N) is 6. The number of hydrogen-bond acceptors (Lipinski definition) is 6. The van der Waals surface area contributed by atoms with Crippen LogP contribution in [0, 0.1) is 0 Å². The second kappa shape index (κ2) is 7.91. The molecule has 0 saturated heterocycles. The molecule has 1 aromatic carbocycles. The molecule has 1 N–H and O–H groups in total. The van der Waals surface area contributed by atoms with Crippen LogP contribution >= 0.6 is 0 Å². The summed E-state index contributed by atoms with van der Waals surface area (Å²) in [4.78, 5) is 38.5. The summed E-state index contributed by atoms with van der Waals surface area (Å²) in [5, 5.41) is 8.26. The van der Waals surface area contributed by atoms with Crippen molar-refractivity contribution in [3.63, 3.8) is 0 Å². The summed E-state index contributed by atoms with van der Waals surface area (Å²) < 4.78 is 3.36. The second-order valence-corrected chi connectivity index (χ2v) is 8.67. The smallest absolute Gasteiger partial charge is 0.289 e. The zero-order chi connectivity index (χ0) is 23.2. The lowest BCUT2D eigenvalue weighted by Gasteiger charge is -2.18. The molecular weight excluding hydrogens is 418 g/mol. The number of hydrogen-bond donors (Lipinski definition) is 1. The standard InChI is InChI=1S/C24H25N7O2/c1-4-30-14-25-13-19(23(30)33)16-5-7-18(8-6-16)24(9-10-24)29-22(32)20-26-11-17-12-27-31(15(2)3)21(17)28-20/h5-8,11-15H,4,9-10H2,1-3H3,(H,29,32). The van der Waals surface area contributed by atoms with E-state index in [-0.39, 0.29) is 23.3 Å². The van der Waals surface area contributed by atoms with Gasteiger partial charge in [0.15, 0.2) is 5.65 Å². The number of nitrogens with one attached hydrogen (secondary N) is 1. The van der Waals surface area contributed by atoms with E-state index in [9.17, 15) is 9.59 Å². The molecule has 1 aliphatic carbocycles. The largest absolute Gasteiger partial charge is 0.340 e. The monoisotopic (exact) mass is 443 g/mol. The molecule has 9 nitrogen and oxygen atoms in total. The molecule has 0 bridgehead atoms. The summed E-state index contributed by atoms with van der Waals surface area (Å²) in [6.45, 7) is 6.51. The average Bonchev–Trinajstić information content (AvgIpc) is 3.47. The number of aryl methyl sites for hydroxylation is 1. The number of benzene rings is 1. The quantitative estimate of drug-likeness (QED) is 0.491. The zero-order valence-electron chi connectivity index (χ0n) is 18.8. The van der Waals surface area contributed by atoms with E-state index in [1.807, 2.05) is 45.0 Å². The lowest BCUT2D eigenvalue weighted by molar-refractivity contribution is 0.0920. The van der Waals surface area contributed by atoms with Gasteiger partial charge in [-0.3, -0.25) is 14.2 Å². The van der Waals surface area contributed by atoms with Gasteiger partial charge in [-0.15, -0.1) is 0 Å². The molecule has 5 rings (SSSR count). The van der Waals surface area contributed by atoms with Crippen LogP contribution in [-0.4, -0.2) is 35.2 Å². The molecular formula is C24H25N7O2. The van der Waals surface area contributed by atoms with Crippen molar-refractivity contribution >= 4 is 16.9 Å². The van der Waals surface area contributed by atoms with Gasteiger partial charge in [0.1, 0.15) is 0 Å². The molecule has 0 aliphatic heterocycles. The third-order valence-corrected chi connectivity index (χ3v) is 6.12. The molecule has 1 fully saturated rings. The molecule has 3 heterocycles. The van der Waals surface area contributed by atoms with Gasteiger partial charge in [0, 0.05) is 25.0 Å². The third kappa shape index (κ3) is 3.69. The highest BCUT2D eigenvalue weighted by molar-refractivity contribution is 5.93. The highest BCUT2D eigenvalue weighted by Gasteiger charge is 2.46. The Bertz CT molecular complexity index is 1400. The minimum Gasteiger partial charge on any atom is -0.340 e. The molecule has 1 saturated carbocycles. The van der Waals surface area contributed by atoms with Crippen LogP contribution in [0.15, 0.2) is 54.0 Å². The minimum atomic E-state index is -0.440. The van der Waals surface area contributed by atoms with E-state index in [1.165, 1.54) is 0 Å². The Balaban J connectivity index is 1.39. The first kappa shape index (κ1) is 21.0. The summed E-state index contributed by atoms with van der Waals surface area (Å²) in [7, 11) is 0. The van der Waals surface area contributed by atoms with Crippen molar-refractivity contribution in [3.8, 4) is 11.1 Å². The highest BCUT2D eigenvalue weighted by atomic mass is 16.2. The molecule has 0 atom stereocenters. The van der Waals surface area contributed by atoms with E-state index in [4.69, 9.17) is 0 Å². The molecule has 168 valence electrons. The first-order valence-corrected chi connectivity index (χ1v) is 11.1. The van der Waals surface area contributed by atoms with E-state index >= 15 is 0 Å². The number of rotatable bonds is 6. The van der Waals surface area contributed by atoms with Crippen LogP contribution in [0.25, 0.3) is 22.2 Å². The molecule has 9 heteroatoms. The van der Waals surface area contributed by atoms with Crippen LogP contribution in [0.3, 0.4) is 0 Å². The van der Waals surface area contributed by atoms with Crippen molar-refractivity contribution in [2.45, 2.75) is 51.7 Å². The Labute approximate surface area is 190 Å². The number of carbonyl (C=O) groups is 1. The van der Waals surface area contributed by atoms with Crippen molar-refractivity contribution in [2.24, 2.45) is 0 Å². The topological polar surface area (TPSA) is 108 Å². The van der Waals surface area contributed by atoms with Gasteiger partial charge in [-0.05, 0) is 44.7 Å². The Morgan fingerprint density at radius 1 is 1.15 bits per heavy atom. The third-order valence-electron chi connectivity index (χ3n) is 6.12. The summed E-state index contributed by atoms with van der Waals surface area (Å²) in [6.07, 6.45) is 8.14. The number of amides is 1. The normalized spacial score (nSPS) is 14.5. The van der Waals surface area contributed by atoms with Gasteiger partial charge in [0.05, 0.1) is 29.0 Å². The molecule has 1 amide bonds. The molecule has 3 aromatic heterocycles. The van der Waals surface area contributed by atoms with Crippen molar-refractivity contribution in [1.29, 1.82) is 0 Å². The van der Waals surface area contributed by atoms with E-state index < -0.39 is 5.54 Å². The SMILES string of the molecule is CCn1cncc(-c2ccc(C3(NC(=O)c4ncc5cnn(C(C)C)c5n4)CC3)cc2)c1=O. The van der Waals surface area contributed by atoms with Crippen LogP contribution < -0.4 is 10.9 Å². The molecule has 0 radical (unpaired) electrons. The van der Waals surface area contributed by atoms with Gasteiger partial charge in [0.25, 0.3) is 11.5 Å². The Morgan fingerprint density at radius 2 is 1.91 bits per heavy atom. The lowest BCUT2D eigenvalue weighted by atomic mass is 10.0. The Hall–Kier alpha value is -3.88. The predicted molar refractivity (Wildman–Crippen MR) is 124 cm³/mol. The van der Waals surface area contributed by atoms with E-state index in [1.54, 1.807) is 34.2 Å². The fraction of sp³-hybridized carbons (Fsp3) is 0.333. The van der Waals surface area contributed by atoms with E-state index in [0.29, 0.717) is 17.8 Å². The van der Waals surface area contributed by atoms with Crippen LogP contribution in [0.5, 0.6) is 0 Å². The molecule has 1 aliphatic rings. The maximum atomic E-state index is 13.0. The predicted octanol–water partition coefficient (Wildman–Crippen LogP) is 3.07. The maximum absolute atomic E-state index is 13.0. The lowest BCUT2D eigenvalue weighted by Crippen LogP contribution is -2.36. The van der Waals surface area contributed by atoms with E-state index in [0.717, 1.165) is 29.4 Å². The van der Waals surface area contributed by atoms with Gasteiger partial charge in [-0.2, -0.15) is 5.10 Å². The van der Waals surface area contributed by atoms with E-state index in [2.05, 4.69) is 25.4 Å². The fourth-order valence-electron chi connectivity index (χ4n) is 4.05. The molecule has 33 heavy (non-hydrogen) atoms. The van der Waals surface area contributed by atoms with Gasteiger partial charge in [-0.1, -0.05) is 24.3 Å². The van der Waals surface area contributed by atoms with Gasteiger partial charge in [-0.25, -0.2) is 19.6 Å². The zero-order valence-corrected chi connectivity index (χ0v) is 18.8. The van der Waals surface area contributed by atoms with Gasteiger partial charge in [0.2, 0.25) is 5.82 Å². The highest BCUT2D eigenvalue weighted by Crippen LogP contribution is 2.46. The van der Waals surface area contributed by atoms with Crippen molar-refractivity contribution in [3.05, 3.63) is 70.9 Å². The Kier molecular flexibility index (Phi) is 5.03. The van der Waals surface area contributed by atoms with Gasteiger partial charge >= 0.3 is 0 Å². The van der Waals surface area contributed by atoms with Crippen LogP contribution in [0.1, 0.15) is 55.8 Å². The summed E-state index contributed by atoms with van der Waals surface area (Å²) in [6, 6.07) is 7.86. The molecule has 4 aromatic rings. The first-order chi connectivity index (χ1) is 15.9. The Morgan fingerprint density at radius 3 is 2.58 bits per heavy atom. The van der Waals surface area contributed by atoms with Crippen LogP contribution in [0.2, 0.25) is 0 Å². The summed E-state index contributed by atoms with van der Waals surface area (Å²) >= 11 is 0. The average molecular weight is 444 g/mol. The van der Waals surface area contributed by atoms with Crippen molar-refractivity contribution < 1.29 is 4.79 Å². The van der Waals surface area contributed by atoms with Crippen LogP contribution in [0.4, 0.5) is 0 Å². The fourth-order valence-corrected chi connectivity index (χ4v) is 4.05. The number of carbonyl (C=O) groups excluding carboxylic acids is 1. The van der Waals surface area contributed by atoms with Crippen molar-refractivity contribution in [2.75, 3.05) is 0 Å². The van der Waals surface area contributed by atoms with Gasteiger partial charge < -0.3 is 5.32 Å². The number of aromatic nitrogens is 6. The maximum Gasteiger partial charge on any atom is 0.289 e. The summed E-state index contributed by atoms with van der Waals surface area (Å²) in [5.41, 5.74) is 2.49. The summed E-state index contributed by atoms with van der Waals surface area (Å²) in [5.74, 6) is -0.184. The molecule has 0 unspecified atom stereocenters.